The van der Waals surface area contributed by atoms with Gasteiger partial charge in [0.05, 0.1) is 6.61 Å². The van der Waals surface area contributed by atoms with Gasteiger partial charge in [0.25, 0.3) is 0 Å². The van der Waals surface area contributed by atoms with Gasteiger partial charge in [0, 0.05) is 36.6 Å². The molecule has 0 radical (unpaired) electrons. The Balaban J connectivity index is 1.79. The summed E-state index contributed by atoms with van der Waals surface area (Å²) < 4.78 is 10.2. The Hall–Kier alpha value is -1.92. The van der Waals surface area contributed by atoms with Gasteiger partial charge in [0.15, 0.2) is 0 Å². The molecule has 7 heteroatoms. The third kappa shape index (κ3) is 5.65. The third-order valence-corrected chi connectivity index (χ3v) is 3.44. The van der Waals surface area contributed by atoms with E-state index in [4.69, 9.17) is 20.9 Å². The summed E-state index contributed by atoms with van der Waals surface area (Å²) in [5.74, 6) is 1.04. The van der Waals surface area contributed by atoms with Gasteiger partial charge in [0.1, 0.15) is 0 Å². The molecule has 0 spiro atoms. The van der Waals surface area contributed by atoms with Gasteiger partial charge in [-0.2, -0.15) is 4.98 Å². The van der Waals surface area contributed by atoms with Crippen LogP contribution in [0, 0.1) is 0 Å². The summed E-state index contributed by atoms with van der Waals surface area (Å²) in [5.41, 5.74) is 0.843. The molecule has 1 atom stereocenters. The first-order chi connectivity index (χ1) is 11.1. The molecule has 1 amide bonds. The highest BCUT2D eigenvalue weighted by Gasteiger charge is 2.11. The van der Waals surface area contributed by atoms with E-state index in [0.717, 1.165) is 5.56 Å². The van der Waals surface area contributed by atoms with Gasteiger partial charge in [-0.1, -0.05) is 16.8 Å². The molecule has 0 fully saturated rings. The van der Waals surface area contributed by atoms with Crippen molar-refractivity contribution >= 4 is 17.5 Å². The largest absolute Gasteiger partial charge is 0.383 e. The molecule has 1 heterocycles. The molecule has 1 aromatic heterocycles. The lowest BCUT2D eigenvalue weighted by atomic mass is 10.2. The Morgan fingerprint density at radius 1 is 1.39 bits per heavy atom. The predicted octanol–water partition coefficient (Wildman–Crippen LogP) is 2.86. The number of hydrogen-bond acceptors (Lipinski definition) is 5. The summed E-state index contributed by atoms with van der Waals surface area (Å²) in [6.45, 7) is 2.40. The molecule has 0 unspecified atom stereocenters. The third-order valence-electron chi connectivity index (χ3n) is 3.19. The number of nitrogens with one attached hydrogen (secondary N) is 1. The van der Waals surface area contributed by atoms with E-state index in [-0.39, 0.29) is 11.9 Å². The summed E-state index contributed by atoms with van der Waals surface area (Å²) in [4.78, 5) is 16.1. The number of carbonyl (C=O) groups is 1. The van der Waals surface area contributed by atoms with Gasteiger partial charge in [-0.25, -0.2) is 0 Å². The molecule has 0 aliphatic rings. The quantitative estimate of drug-likeness (QED) is 0.801. The van der Waals surface area contributed by atoms with Crippen LogP contribution in [0.25, 0.3) is 11.4 Å². The first kappa shape index (κ1) is 17.4. The van der Waals surface area contributed by atoms with Crippen LogP contribution in [0.15, 0.2) is 28.8 Å². The van der Waals surface area contributed by atoms with Crippen LogP contribution in [0.4, 0.5) is 0 Å². The van der Waals surface area contributed by atoms with Crippen LogP contribution in [0.2, 0.25) is 5.02 Å². The number of aryl methyl sites for hydroxylation is 1. The van der Waals surface area contributed by atoms with E-state index < -0.39 is 0 Å². The number of benzene rings is 1. The zero-order valence-electron chi connectivity index (χ0n) is 13.2. The number of methoxy groups -OCH3 is 1. The van der Waals surface area contributed by atoms with E-state index in [9.17, 15) is 4.79 Å². The van der Waals surface area contributed by atoms with E-state index in [1.165, 1.54) is 0 Å². The second-order valence-corrected chi connectivity index (χ2v) is 5.73. The van der Waals surface area contributed by atoms with Gasteiger partial charge in [-0.05, 0) is 37.6 Å². The number of hydrogen-bond donors (Lipinski definition) is 1. The number of rotatable bonds is 8. The molecule has 0 saturated carbocycles. The van der Waals surface area contributed by atoms with Crippen molar-refractivity contribution in [2.75, 3.05) is 13.7 Å². The van der Waals surface area contributed by atoms with Crippen LogP contribution in [0.5, 0.6) is 0 Å². The highest BCUT2D eigenvalue weighted by atomic mass is 35.5. The topological polar surface area (TPSA) is 77.2 Å². The van der Waals surface area contributed by atoms with Crippen LogP contribution < -0.4 is 5.32 Å². The molecule has 124 valence electrons. The number of halogens is 1. The van der Waals surface area contributed by atoms with Crippen LogP contribution in [0.3, 0.4) is 0 Å². The van der Waals surface area contributed by atoms with E-state index in [2.05, 4.69) is 15.5 Å². The fourth-order valence-corrected chi connectivity index (χ4v) is 2.24. The summed E-state index contributed by atoms with van der Waals surface area (Å²) in [5, 5.41) is 7.46. The number of nitrogens with zero attached hydrogens (tertiary/aromatic N) is 2. The normalized spacial score (nSPS) is 12.1. The molecule has 1 aromatic carbocycles. The van der Waals surface area contributed by atoms with Crippen LogP contribution >= 0.6 is 11.6 Å². The predicted molar refractivity (Wildman–Crippen MR) is 87.2 cm³/mol. The summed E-state index contributed by atoms with van der Waals surface area (Å²) in [7, 11) is 1.61. The maximum absolute atomic E-state index is 11.7. The van der Waals surface area contributed by atoms with Crippen molar-refractivity contribution in [1.82, 2.24) is 15.5 Å². The van der Waals surface area contributed by atoms with Crippen molar-refractivity contribution in [1.29, 1.82) is 0 Å². The Bertz CT molecular complexity index is 628. The first-order valence-corrected chi connectivity index (χ1v) is 7.83. The monoisotopic (exact) mass is 337 g/mol. The second-order valence-electron chi connectivity index (χ2n) is 5.30. The van der Waals surface area contributed by atoms with Crippen molar-refractivity contribution < 1.29 is 14.1 Å². The van der Waals surface area contributed by atoms with Crippen molar-refractivity contribution in [2.45, 2.75) is 32.2 Å². The zero-order chi connectivity index (χ0) is 16.7. The van der Waals surface area contributed by atoms with Crippen molar-refractivity contribution in [3.63, 3.8) is 0 Å². The van der Waals surface area contributed by atoms with Gasteiger partial charge in [0.2, 0.25) is 17.6 Å². The van der Waals surface area contributed by atoms with E-state index >= 15 is 0 Å². The molecule has 23 heavy (non-hydrogen) atoms. The van der Waals surface area contributed by atoms with Crippen LogP contribution in [-0.4, -0.2) is 35.8 Å². The summed E-state index contributed by atoms with van der Waals surface area (Å²) in [6, 6.07) is 7.23. The van der Waals surface area contributed by atoms with Crippen LogP contribution in [0.1, 0.15) is 25.7 Å². The average Bonchev–Trinajstić information content (AvgIpc) is 2.97. The minimum Gasteiger partial charge on any atom is -0.383 e. The first-order valence-electron chi connectivity index (χ1n) is 7.45. The average molecular weight is 338 g/mol. The fraction of sp³-hybridized carbons (Fsp3) is 0.438. The molecular formula is C16H20ClN3O3. The van der Waals surface area contributed by atoms with E-state index in [0.29, 0.717) is 42.6 Å². The maximum Gasteiger partial charge on any atom is 0.226 e. The summed E-state index contributed by atoms with van der Waals surface area (Å²) >= 11 is 5.85. The van der Waals surface area contributed by atoms with Crippen molar-refractivity contribution in [2.24, 2.45) is 0 Å². The highest BCUT2D eigenvalue weighted by molar-refractivity contribution is 6.30. The Kier molecular flexibility index (Phi) is 6.55. The lowest BCUT2D eigenvalue weighted by Crippen LogP contribution is -2.35. The molecule has 1 N–H and O–H groups in total. The summed E-state index contributed by atoms with van der Waals surface area (Å²) in [6.07, 6.45) is 1.62. The van der Waals surface area contributed by atoms with Gasteiger partial charge >= 0.3 is 0 Å². The number of amides is 1. The molecule has 0 saturated heterocycles. The standard InChI is InChI=1S/C16H20ClN3O3/c1-11(10-22-2)18-14(21)4-3-5-15-19-16(20-23-15)12-6-8-13(17)9-7-12/h6-9,11H,3-5,10H2,1-2H3,(H,18,21)/t11-/m1/s1. The Labute approximate surface area is 140 Å². The van der Waals surface area contributed by atoms with Crippen molar-refractivity contribution in [3.05, 3.63) is 35.2 Å². The Morgan fingerprint density at radius 2 is 2.13 bits per heavy atom. The molecular weight excluding hydrogens is 318 g/mol. The van der Waals surface area contributed by atoms with Crippen LogP contribution in [-0.2, 0) is 16.0 Å². The van der Waals surface area contributed by atoms with E-state index in [1.54, 1.807) is 19.2 Å². The highest BCUT2D eigenvalue weighted by Crippen LogP contribution is 2.19. The molecule has 0 bridgehead atoms. The van der Waals surface area contributed by atoms with Gasteiger partial charge < -0.3 is 14.6 Å². The fourth-order valence-electron chi connectivity index (χ4n) is 2.11. The van der Waals surface area contributed by atoms with Crippen molar-refractivity contribution in [3.8, 4) is 11.4 Å². The molecule has 0 aliphatic heterocycles. The molecule has 2 rings (SSSR count). The minimum absolute atomic E-state index is 0.00686. The minimum atomic E-state index is -0.00742. The number of ether oxygens (including phenoxy) is 1. The lowest BCUT2D eigenvalue weighted by Gasteiger charge is -2.12. The maximum atomic E-state index is 11.7. The zero-order valence-corrected chi connectivity index (χ0v) is 14.0. The number of carbonyl (C=O) groups excluding carboxylic acids is 1. The number of aromatic nitrogens is 2. The second kappa shape index (κ2) is 8.64. The molecule has 0 aliphatic carbocycles. The lowest BCUT2D eigenvalue weighted by molar-refractivity contribution is -0.122. The smallest absolute Gasteiger partial charge is 0.226 e. The SMILES string of the molecule is COC[C@@H](C)NC(=O)CCCc1nc(-c2ccc(Cl)cc2)no1. The van der Waals surface area contributed by atoms with Gasteiger partial charge in [-0.3, -0.25) is 4.79 Å². The molecule has 2 aromatic rings. The van der Waals surface area contributed by atoms with Gasteiger partial charge in [-0.15, -0.1) is 0 Å². The Morgan fingerprint density at radius 3 is 2.83 bits per heavy atom. The molecule has 6 nitrogen and oxygen atoms in total. The van der Waals surface area contributed by atoms with E-state index in [1.807, 2.05) is 19.1 Å².